The van der Waals surface area contributed by atoms with Crippen molar-refractivity contribution in [3.05, 3.63) is 46.1 Å². The number of urea groups is 1. The van der Waals surface area contributed by atoms with E-state index in [0.717, 1.165) is 36.3 Å². The summed E-state index contributed by atoms with van der Waals surface area (Å²) in [5.74, 6) is -1.42. The molecule has 3 N–H and O–H groups in total. The van der Waals surface area contributed by atoms with E-state index in [1.54, 1.807) is 18.0 Å². The number of rotatable bonds is 14. The third-order valence-electron chi connectivity index (χ3n) is 5.63. The van der Waals surface area contributed by atoms with Crippen LogP contribution in [0.25, 0.3) is 0 Å². The standard InChI is InChI=1S/C25H36N4O4S/c1-4-6-7-8-9-11-16-27-25(33)28-22-20(24(31)32)18(3)21(34-22)23(30)29(5-2)17-14-19-13-10-12-15-26-19/h10,12-13,15H,4-9,11,14,16-17H2,1-3H3,(H,31,32)(H2,27,28,33). The Kier molecular flexibility index (Phi) is 11.5. The van der Waals surface area contributed by atoms with Gasteiger partial charge in [0.2, 0.25) is 0 Å². The highest BCUT2D eigenvalue weighted by Gasteiger charge is 2.27. The fourth-order valence-corrected chi connectivity index (χ4v) is 4.82. The Morgan fingerprint density at radius 2 is 1.82 bits per heavy atom. The molecule has 9 heteroatoms. The van der Waals surface area contributed by atoms with Crippen LogP contribution in [0, 0.1) is 6.92 Å². The number of pyridine rings is 1. The van der Waals surface area contributed by atoms with Gasteiger partial charge >= 0.3 is 12.0 Å². The van der Waals surface area contributed by atoms with Gasteiger partial charge in [-0.05, 0) is 38.0 Å². The van der Waals surface area contributed by atoms with Gasteiger partial charge < -0.3 is 15.3 Å². The van der Waals surface area contributed by atoms with E-state index in [0.29, 0.717) is 36.5 Å². The number of carbonyl (C=O) groups is 3. The predicted molar refractivity (Wildman–Crippen MR) is 136 cm³/mol. The Hall–Kier alpha value is -2.94. The molecule has 2 rings (SSSR count). The highest BCUT2D eigenvalue weighted by atomic mass is 32.1. The number of likely N-dealkylation sites (N-methyl/N-ethyl adjacent to an activating group) is 1. The fraction of sp³-hybridized carbons (Fsp3) is 0.520. The number of aromatic carboxylic acids is 1. The maximum atomic E-state index is 13.2. The minimum atomic E-state index is -1.17. The SMILES string of the molecule is CCCCCCCCNC(=O)Nc1sc(C(=O)N(CC)CCc2ccccn2)c(C)c1C(=O)O. The Morgan fingerprint density at radius 3 is 2.47 bits per heavy atom. The molecule has 0 aliphatic heterocycles. The summed E-state index contributed by atoms with van der Waals surface area (Å²) in [6, 6.07) is 5.19. The molecular formula is C25H36N4O4S. The van der Waals surface area contributed by atoms with Gasteiger partial charge in [0.1, 0.15) is 5.00 Å². The van der Waals surface area contributed by atoms with Crippen molar-refractivity contribution in [1.29, 1.82) is 0 Å². The summed E-state index contributed by atoms with van der Waals surface area (Å²) < 4.78 is 0. The molecule has 2 aromatic heterocycles. The van der Waals surface area contributed by atoms with Gasteiger partial charge in [0.05, 0.1) is 10.4 Å². The lowest BCUT2D eigenvalue weighted by Crippen LogP contribution is -2.32. The second kappa shape index (κ2) is 14.3. The molecule has 0 aliphatic rings. The van der Waals surface area contributed by atoms with Crippen LogP contribution in [-0.4, -0.2) is 52.5 Å². The summed E-state index contributed by atoms with van der Waals surface area (Å²) in [5.41, 5.74) is 1.21. The number of unbranched alkanes of at least 4 members (excludes halogenated alkanes) is 5. The van der Waals surface area contributed by atoms with Crippen molar-refractivity contribution < 1.29 is 19.5 Å². The van der Waals surface area contributed by atoms with Crippen molar-refractivity contribution in [2.45, 2.75) is 65.7 Å². The number of hydrogen-bond acceptors (Lipinski definition) is 5. The number of carboxylic acids is 1. The zero-order valence-corrected chi connectivity index (χ0v) is 21.2. The molecule has 0 saturated heterocycles. The van der Waals surface area contributed by atoms with Crippen LogP contribution in [0.2, 0.25) is 0 Å². The number of carbonyl (C=O) groups excluding carboxylic acids is 2. The minimum Gasteiger partial charge on any atom is -0.478 e. The highest BCUT2D eigenvalue weighted by molar-refractivity contribution is 7.18. The Morgan fingerprint density at radius 1 is 1.09 bits per heavy atom. The Labute approximate surface area is 205 Å². The van der Waals surface area contributed by atoms with E-state index in [-0.39, 0.29) is 16.5 Å². The van der Waals surface area contributed by atoms with Crippen LogP contribution < -0.4 is 10.6 Å². The summed E-state index contributed by atoms with van der Waals surface area (Å²) in [6.07, 6.45) is 8.99. The molecule has 0 fully saturated rings. The van der Waals surface area contributed by atoms with Crippen LogP contribution in [0.3, 0.4) is 0 Å². The molecule has 2 heterocycles. The molecule has 186 valence electrons. The molecule has 0 aromatic carbocycles. The van der Waals surface area contributed by atoms with Gasteiger partial charge in [-0.25, -0.2) is 9.59 Å². The average Bonchev–Trinajstić information content (AvgIpc) is 3.15. The zero-order chi connectivity index (χ0) is 24.9. The van der Waals surface area contributed by atoms with E-state index in [2.05, 4.69) is 22.5 Å². The molecular weight excluding hydrogens is 452 g/mol. The smallest absolute Gasteiger partial charge is 0.339 e. The summed E-state index contributed by atoms with van der Waals surface area (Å²) in [7, 11) is 0. The second-order valence-electron chi connectivity index (χ2n) is 8.17. The normalized spacial score (nSPS) is 10.7. The van der Waals surface area contributed by atoms with Gasteiger partial charge in [-0.15, -0.1) is 11.3 Å². The lowest BCUT2D eigenvalue weighted by atomic mass is 10.1. The number of nitrogens with zero attached hydrogens (tertiary/aromatic N) is 2. The third-order valence-corrected chi connectivity index (χ3v) is 6.83. The molecule has 0 aliphatic carbocycles. The maximum Gasteiger partial charge on any atom is 0.339 e. The van der Waals surface area contributed by atoms with Gasteiger partial charge in [0.25, 0.3) is 5.91 Å². The van der Waals surface area contributed by atoms with Crippen molar-refractivity contribution in [2.75, 3.05) is 25.0 Å². The van der Waals surface area contributed by atoms with Crippen LogP contribution in [0.15, 0.2) is 24.4 Å². The number of aromatic nitrogens is 1. The first-order valence-electron chi connectivity index (χ1n) is 12.0. The number of anilines is 1. The van der Waals surface area contributed by atoms with Crippen molar-refractivity contribution in [1.82, 2.24) is 15.2 Å². The summed E-state index contributed by atoms with van der Waals surface area (Å²) in [6.45, 7) is 7.13. The molecule has 2 aromatic rings. The van der Waals surface area contributed by atoms with E-state index < -0.39 is 12.0 Å². The first kappa shape index (κ1) is 27.3. The number of thiophene rings is 1. The van der Waals surface area contributed by atoms with Crippen molar-refractivity contribution in [3.8, 4) is 0 Å². The van der Waals surface area contributed by atoms with E-state index in [9.17, 15) is 19.5 Å². The van der Waals surface area contributed by atoms with Crippen LogP contribution in [0.1, 0.15) is 83.7 Å². The van der Waals surface area contributed by atoms with Crippen molar-refractivity contribution in [3.63, 3.8) is 0 Å². The molecule has 0 saturated carbocycles. The number of nitrogens with one attached hydrogen (secondary N) is 2. The molecule has 0 spiro atoms. The second-order valence-corrected chi connectivity index (χ2v) is 9.19. The summed E-state index contributed by atoms with van der Waals surface area (Å²) in [4.78, 5) is 43.7. The number of hydrogen-bond donors (Lipinski definition) is 3. The number of carboxylic acid groups (broad SMARTS) is 1. The molecule has 0 radical (unpaired) electrons. The summed E-state index contributed by atoms with van der Waals surface area (Å²) in [5, 5.41) is 15.3. The molecule has 34 heavy (non-hydrogen) atoms. The maximum absolute atomic E-state index is 13.2. The minimum absolute atomic E-state index is 0.0381. The molecule has 0 unspecified atom stereocenters. The van der Waals surface area contributed by atoms with Gasteiger partial charge in [0, 0.05) is 37.9 Å². The Bertz CT molecular complexity index is 946. The van der Waals surface area contributed by atoms with Crippen LogP contribution >= 0.6 is 11.3 Å². The predicted octanol–water partition coefficient (Wildman–Crippen LogP) is 5.34. The largest absolute Gasteiger partial charge is 0.478 e. The van der Waals surface area contributed by atoms with Crippen molar-refractivity contribution >= 4 is 34.2 Å². The van der Waals surface area contributed by atoms with Crippen LogP contribution in [0.4, 0.5) is 9.80 Å². The molecule has 8 nitrogen and oxygen atoms in total. The average molecular weight is 489 g/mol. The van der Waals surface area contributed by atoms with E-state index >= 15 is 0 Å². The van der Waals surface area contributed by atoms with Gasteiger partial charge in [-0.3, -0.25) is 15.1 Å². The lowest BCUT2D eigenvalue weighted by molar-refractivity contribution is 0.0697. The van der Waals surface area contributed by atoms with Gasteiger partial charge in [-0.2, -0.15) is 0 Å². The van der Waals surface area contributed by atoms with Gasteiger partial charge in [0.15, 0.2) is 0 Å². The van der Waals surface area contributed by atoms with Crippen LogP contribution in [0.5, 0.6) is 0 Å². The molecule has 0 bridgehead atoms. The first-order valence-corrected chi connectivity index (χ1v) is 12.8. The quantitative estimate of drug-likeness (QED) is 0.311. The zero-order valence-electron chi connectivity index (χ0n) is 20.4. The first-order chi connectivity index (χ1) is 16.4. The Balaban J connectivity index is 2.02. The topological polar surface area (TPSA) is 112 Å². The van der Waals surface area contributed by atoms with Gasteiger partial charge in [-0.1, -0.05) is 45.1 Å². The monoisotopic (exact) mass is 488 g/mol. The number of amides is 3. The van der Waals surface area contributed by atoms with Crippen LogP contribution in [-0.2, 0) is 6.42 Å². The fourth-order valence-electron chi connectivity index (χ4n) is 3.66. The lowest BCUT2D eigenvalue weighted by Gasteiger charge is -2.20. The summed E-state index contributed by atoms with van der Waals surface area (Å²) >= 11 is 1.01. The van der Waals surface area contributed by atoms with Crippen molar-refractivity contribution in [2.24, 2.45) is 0 Å². The van der Waals surface area contributed by atoms with E-state index in [1.807, 2.05) is 25.1 Å². The highest BCUT2D eigenvalue weighted by Crippen LogP contribution is 2.34. The van der Waals surface area contributed by atoms with E-state index in [1.165, 1.54) is 19.3 Å². The molecule has 3 amide bonds. The molecule has 0 atom stereocenters. The third kappa shape index (κ3) is 8.13. The van der Waals surface area contributed by atoms with E-state index in [4.69, 9.17) is 0 Å².